The van der Waals surface area contributed by atoms with Gasteiger partial charge in [0.05, 0.1) is 24.8 Å². The monoisotopic (exact) mass is 512 g/mol. The molecule has 1 saturated heterocycles. The summed E-state index contributed by atoms with van der Waals surface area (Å²) in [6.45, 7) is 3.03. The van der Waals surface area contributed by atoms with Crippen molar-refractivity contribution in [3.63, 3.8) is 0 Å². The van der Waals surface area contributed by atoms with Crippen LogP contribution >= 0.6 is 22.7 Å². The highest BCUT2D eigenvalue weighted by molar-refractivity contribution is 7.23. The maximum atomic E-state index is 12.8. The zero-order valence-corrected chi connectivity index (χ0v) is 20.9. The van der Waals surface area contributed by atoms with Gasteiger partial charge in [-0.2, -0.15) is 9.61 Å². The van der Waals surface area contributed by atoms with E-state index in [4.69, 9.17) is 9.47 Å². The minimum atomic E-state index is -0.184. The van der Waals surface area contributed by atoms with Crippen molar-refractivity contribution in [2.45, 2.75) is 6.54 Å². The molecule has 0 unspecified atom stereocenters. The van der Waals surface area contributed by atoms with E-state index in [9.17, 15) is 9.59 Å². The number of fused-ring (bicyclic) bond motifs is 1. The van der Waals surface area contributed by atoms with Crippen LogP contribution in [-0.2, 0) is 6.54 Å². The predicted octanol–water partition coefficient (Wildman–Crippen LogP) is 3.25. The lowest BCUT2D eigenvalue weighted by molar-refractivity contribution is 0.142. The molecule has 182 valence electrons. The maximum Gasteiger partial charge on any atom is 0.321 e. The number of benzene rings is 1. The van der Waals surface area contributed by atoms with Crippen molar-refractivity contribution < 1.29 is 14.3 Å². The molecule has 3 aromatic heterocycles. The van der Waals surface area contributed by atoms with Crippen LogP contribution < -0.4 is 20.3 Å². The first-order valence-corrected chi connectivity index (χ1v) is 12.7. The van der Waals surface area contributed by atoms with E-state index >= 15 is 0 Å². The van der Waals surface area contributed by atoms with Gasteiger partial charge in [-0.3, -0.25) is 9.69 Å². The van der Waals surface area contributed by atoms with Crippen molar-refractivity contribution in [3.05, 3.63) is 57.8 Å². The zero-order chi connectivity index (χ0) is 24.4. The summed E-state index contributed by atoms with van der Waals surface area (Å²) in [6, 6.07) is 10.6. The van der Waals surface area contributed by atoms with E-state index in [1.165, 1.54) is 15.9 Å². The Kier molecular flexibility index (Phi) is 6.66. The second-order valence-electron chi connectivity index (χ2n) is 7.96. The summed E-state index contributed by atoms with van der Waals surface area (Å²) in [4.78, 5) is 35.6. The topological polar surface area (TPSA) is 101 Å². The number of hydrogen-bond donors (Lipinski definition) is 1. The number of hydrogen-bond acceptors (Lipinski definition) is 9. The lowest BCUT2D eigenvalue weighted by Crippen LogP contribution is -2.49. The van der Waals surface area contributed by atoms with Gasteiger partial charge in [0.1, 0.15) is 11.5 Å². The van der Waals surface area contributed by atoms with E-state index in [-0.39, 0.29) is 11.6 Å². The molecule has 0 radical (unpaired) electrons. The fourth-order valence-corrected chi connectivity index (χ4v) is 5.57. The number of carbonyl (C=O) groups excluding carboxylic acids is 1. The molecule has 0 bridgehead atoms. The second kappa shape index (κ2) is 10.0. The minimum Gasteiger partial charge on any atom is -0.497 e. The molecule has 12 heteroatoms. The Morgan fingerprint density at radius 1 is 1.09 bits per heavy atom. The molecule has 4 heterocycles. The summed E-state index contributed by atoms with van der Waals surface area (Å²) in [5.41, 5.74) is 1.13. The van der Waals surface area contributed by atoms with E-state index in [0.29, 0.717) is 60.6 Å². The molecule has 1 aromatic carbocycles. The Balaban J connectivity index is 1.21. The van der Waals surface area contributed by atoms with Crippen LogP contribution in [0.2, 0.25) is 0 Å². The summed E-state index contributed by atoms with van der Waals surface area (Å²) < 4.78 is 11.9. The molecule has 2 amide bonds. The molecule has 1 aliphatic heterocycles. The maximum absolute atomic E-state index is 12.8. The Morgan fingerprint density at radius 2 is 1.83 bits per heavy atom. The summed E-state index contributed by atoms with van der Waals surface area (Å²) in [7, 11) is 3.14. The standard InChI is InChI=1S/C23H24N6O4S2/c1-32-17-10-15(11-18(13-17)33-2)24-22(31)28-7-5-27(6-8-28)14-16-12-20(30)29-23(25-16)35-21(26-29)19-4-3-9-34-19/h3-4,9-13H,5-8,14H2,1-2H3,(H,24,31). The fraction of sp³-hybridized carbons (Fsp3) is 0.304. The van der Waals surface area contributed by atoms with E-state index in [2.05, 4.69) is 20.3 Å². The molecule has 0 spiro atoms. The summed E-state index contributed by atoms with van der Waals surface area (Å²) in [6.07, 6.45) is 0. The van der Waals surface area contributed by atoms with Gasteiger partial charge < -0.3 is 19.7 Å². The first-order chi connectivity index (χ1) is 17.0. The first-order valence-electron chi connectivity index (χ1n) is 11.0. The van der Waals surface area contributed by atoms with Crippen LogP contribution in [0.1, 0.15) is 5.69 Å². The van der Waals surface area contributed by atoms with Crippen molar-refractivity contribution in [3.8, 4) is 21.4 Å². The molecule has 0 atom stereocenters. The lowest BCUT2D eigenvalue weighted by Gasteiger charge is -2.34. The number of nitrogens with one attached hydrogen (secondary N) is 1. The van der Waals surface area contributed by atoms with E-state index in [1.54, 1.807) is 54.7 Å². The highest BCUT2D eigenvalue weighted by atomic mass is 32.1. The number of nitrogens with zero attached hydrogens (tertiary/aromatic N) is 5. The van der Waals surface area contributed by atoms with Gasteiger partial charge in [-0.25, -0.2) is 9.78 Å². The Bertz CT molecular complexity index is 1370. The van der Waals surface area contributed by atoms with Crippen molar-refractivity contribution in [2.75, 3.05) is 45.7 Å². The molecule has 0 saturated carbocycles. The molecule has 5 rings (SSSR count). The third-order valence-electron chi connectivity index (χ3n) is 5.68. The number of methoxy groups -OCH3 is 2. The van der Waals surface area contributed by atoms with E-state index in [1.807, 2.05) is 17.5 Å². The van der Waals surface area contributed by atoms with E-state index < -0.39 is 0 Å². The normalized spacial score (nSPS) is 14.3. The number of carbonyl (C=O) groups is 1. The van der Waals surface area contributed by atoms with Crippen LogP contribution in [0.15, 0.2) is 46.6 Å². The number of rotatable bonds is 6. The molecule has 1 fully saturated rings. The molecule has 1 N–H and O–H groups in total. The molecular weight excluding hydrogens is 488 g/mol. The Hall–Kier alpha value is -3.48. The smallest absolute Gasteiger partial charge is 0.321 e. The first kappa shape index (κ1) is 23.3. The number of anilines is 1. The molecule has 4 aromatic rings. The van der Waals surface area contributed by atoms with Crippen molar-refractivity contribution in [2.24, 2.45) is 0 Å². The van der Waals surface area contributed by atoms with Gasteiger partial charge in [-0.05, 0) is 11.4 Å². The summed E-state index contributed by atoms with van der Waals surface area (Å²) >= 11 is 2.99. The lowest BCUT2D eigenvalue weighted by atomic mass is 10.2. The van der Waals surface area contributed by atoms with Crippen LogP contribution in [0.4, 0.5) is 10.5 Å². The molecule has 10 nitrogen and oxygen atoms in total. The Morgan fingerprint density at radius 3 is 2.49 bits per heavy atom. The molecule has 0 aliphatic carbocycles. The van der Waals surface area contributed by atoms with Gasteiger partial charge in [0.25, 0.3) is 5.56 Å². The summed E-state index contributed by atoms with van der Waals surface area (Å²) in [5, 5.41) is 10.1. The second-order valence-corrected chi connectivity index (χ2v) is 9.86. The quantitative estimate of drug-likeness (QED) is 0.423. The largest absolute Gasteiger partial charge is 0.497 e. The van der Waals surface area contributed by atoms with Crippen molar-refractivity contribution in [1.82, 2.24) is 24.4 Å². The van der Waals surface area contributed by atoms with Gasteiger partial charge in [0, 0.05) is 62.7 Å². The van der Waals surface area contributed by atoms with Gasteiger partial charge in [0.2, 0.25) is 4.96 Å². The Labute approximate surface area is 209 Å². The third-order valence-corrected chi connectivity index (χ3v) is 7.63. The number of aromatic nitrogens is 3. The predicted molar refractivity (Wildman–Crippen MR) is 136 cm³/mol. The van der Waals surface area contributed by atoms with E-state index in [0.717, 1.165) is 9.88 Å². The SMILES string of the molecule is COc1cc(NC(=O)N2CCN(Cc3cc(=O)n4nc(-c5cccs5)sc4n3)CC2)cc(OC)c1. The van der Waals surface area contributed by atoms with Gasteiger partial charge in [0.15, 0.2) is 5.01 Å². The molecular formula is C23H24N6O4S2. The van der Waals surface area contributed by atoms with Crippen molar-refractivity contribution >= 4 is 39.4 Å². The fourth-order valence-electron chi connectivity index (χ4n) is 3.86. The van der Waals surface area contributed by atoms with Gasteiger partial charge >= 0.3 is 6.03 Å². The molecule has 1 aliphatic rings. The van der Waals surface area contributed by atoms with Crippen LogP contribution in [0, 0.1) is 0 Å². The average molecular weight is 513 g/mol. The van der Waals surface area contributed by atoms with Gasteiger partial charge in [-0.15, -0.1) is 11.3 Å². The highest BCUT2D eigenvalue weighted by Crippen LogP contribution is 2.28. The number of amides is 2. The van der Waals surface area contributed by atoms with Crippen LogP contribution in [-0.4, -0.2) is 70.8 Å². The van der Waals surface area contributed by atoms with Crippen LogP contribution in [0.25, 0.3) is 14.8 Å². The van der Waals surface area contributed by atoms with Gasteiger partial charge in [-0.1, -0.05) is 17.4 Å². The molecule has 35 heavy (non-hydrogen) atoms. The van der Waals surface area contributed by atoms with Crippen LogP contribution in [0.5, 0.6) is 11.5 Å². The summed E-state index contributed by atoms with van der Waals surface area (Å²) in [5.74, 6) is 1.21. The number of piperazine rings is 1. The zero-order valence-electron chi connectivity index (χ0n) is 19.3. The highest BCUT2D eigenvalue weighted by Gasteiger charge is 2.22. The third kappa shape index (κ3) is 5.14. The number of urea groups is 1. The number of thiophene rings is 1. The van der Waals surface area contributed by atoms with Crippen molar-refractivity contribution in [1.29, 1.82) is 0 Å². The number of ether oxygens (including phenoxy) is 2. The van der Waals surface area contributed by atoms with Crippen LogP contribution in [0.3, 0.4) is 0 Å². The minimum absolute atomic E-state index is 0.177. The average Bonchev–Trinajstić information content (AvgIpc) is 3.54.